The smallest absolute Gasteiger partial charge is 0.258 e. The molecule has 0 bridgehead atoms. The Morgan fingerprint density at radius 3 is 3.00 bits per heavy atom. The normalized spacial score (nSPS) is 18.7. The van der Waals surface area contributed by atoms with Crippen molar-refractivity contribution in [2.45, 2.75) is 26.0 Å². The second kappa shape index (κ2) is 6.73. The van der Waals surface area contributed by atoms with Gasteiger partial charge in [-0.15, -0.1) is 0 Å². The molecule has 25 heavy (non-hydrogen) atoms. The van der Waals surface area contributed by atoms with Crippen LogP contribution in [0.4, 0.5) is 0 Å². The fourth-order valence-electron chi connectivity index (χ4n) is 3.04. The number of H-pyrrole nitrogens is 2. The summed E-state index contributed by atoms with van der Waals surface area (Å²) < 4.78 is 5.80. The highest BCUT2D eigenvalue weighted by atomic mass is 16.5. The van der Waals surface area contributed by atoms with Crippen LogP contribution < -0.4 is 5.56 Å². The largest absolute Gasteiger partial charge is 0.367 e. The van der Waals surface area contributed by atoms with Crippen LogP contribution in [0.2, 0.25) is 0 Å². The summed E-state index contributed by atoms with van der Waals surface area (Å²) in [4.78, 5) is 26.3. The Kier molecular flexibility index (Phi) is 4.29. The third-order valence-corrected chi connectivity index (χ3v) is 4.36. The molecule has 1 aliphatic rings. The van der Waals surface area contributed by atoms with E-state index in [9.17, 15) is 4.79 Å². The lowest BCUT2D eigenvalue weighted by Crippen LogP contribution is -2.39. The summed E-state index contributed by atoms with van der Waals surface area (Å²) in [6.45, 7) is 4.62. The molecule has 0 unspecified atom stereocenters. The van der Waals surface area contributed by atoms with Gasteiger partial charge in [-0.3, -0.25) is 14.8 Å². The van der Waals surface area contributed by atoms with Gasteiger partial charge in [-0.2, -0.15) is 5.10 Å². The number of nitrogens with zero attached hydrogens (tertiary/aromatic N) is 4. The van der Waals surface area contributed by atoms with Gasteiger partial charge in [0, 0.05) is 19.5 Å². The summed E-state index contributed by atoms with van der Waals surface area (Å²) >= 11 is 0. The molecule has 2 aromatic heterocycles. The average molecular weight is 340 g/mol. The van der Waals surface area contributed by atoms with Crippen molar-refractivity contribution in [2.24, 2.45) is 0 Å². The Balaban J connectivity index is 1.51. The minimum Gasteiger partial charge on any atom is -0.367 e. The van der Waals surface area contributed by atoms with E-state index in [2.05, 4.69) is 30.0 Å². The second-order valence-corrected chi connectivity index (χ2v) is 6.12. The molecule has 1 fully saturated rings. The van der Waals surface area contributed by atoms with E-state index in [-0.39, 0.29) is 11.7 Å². The van der Waals surface area contributed by atoms with E-state index in [1.165, 1.54) is 0 Å². The van der Waals surface area contributed by atoms with Gasteiger partial charge in [-0.05, 0) is 12.1 Å². The number of hydrogen-bond acceptors (Lipinski definition) is 6. The lowest BCUT2D eigenvalue weighted by atomic mass is 10.2. The molecule has 1 atom stereocenters. The Bertz CT molecular complexity index is 934. The van der Waals surface area contributed by atoms with Crippen LogP contribution in [0, 0.1) is 0 Å². The lowest BCUT2D eigenvalue weighted by molar-refractivity contribution is -0.0378. The molecule has 0 amide bonds. The van der Waals surface area contributed by atoms with E-state index in [4.69, 9.17) is 4.74 Å². The molecular weight excluding hydrogens is 320 g/mol. The molecule has 2 N–H and O–H groups in total. The van der Waals surface area contributed by atoms with Crippen molar-refractivity contribution in [2.75, 3.05) is 19.7 Å². The van der Waals surface area contributed by atoms with E-state index in [0.29, 0.717) is 42.2 Å². The number of aryl methyl sites for hydroxylation is 1. The maximum absolute atomic E-state index is 12.2. The first-order valence-corrected chi connectivity index (χ1v) is 8.46. The summed E-state index contributed by atoms with van der Waals surface area (Å²) in [5.74, 6) is 2.20. The van der Waals surface area contributed by atoms with Crippen LogP contribution >= 0.6 is 0 Å². The van der Waals surface area contributed by atoms with Crippen LogP contribution in [0.15, 0.2) is 29.1 Å². The van der Waals surface area contributed by atoms with E-state index in [1.54, 1.807) is 6.07 Å². The summed E-state index contributed by atoms with van der Waals surface area (Å²) in [6.07, 6.45) is 0.642. The van der Waals surface area contributed by atoms with Gasteiger partial charge in [0.15, 0.2) is 5.82 Å². The number of aromatic nitrogens is 5. The zero-order chi connectivity index (χ0) is 17.2. The fraction of sp³-hybridized carbons (Fsp3) is 0.412. The summed E-state index contributed by atoms with van der Waals surface area (Å²) in [7, 11) is 0. The number of para-hydroxylation sites is 1. The molecule has 130 valence electrons. The lowest BCUT2D eigenvalue weighted by Gasteiger charge is -2.31. The van der Waals surface area contributed by atoms with E-state index in [0.717, 1.165) is 18.8 Å². The predicted octanol–water partition coefficient (Wildman–Crippen LogP) is 1.18. The van der Waals surface area contributed by atoms with Crippen LogP contribution in [0.1, 0.15) is 30.5 Å². The van der Waals surface area contributed by atoms with Crippen LogP contribution in [0.3, 0.4) is 0 Å². The summed E-state index contributed by atoms with van der Waals surface area (Å²) in [5.41, 5.74) is 0.611. The van der Waals surface area contributed by atoms with Crippen molar-refractivity contribution in [1.29, 1.82) is 0 Å². The SMILES string of the molecule is CCc1nc([C@@H]2CN(Cc3nc4ccccc4c(=O)[nH]3)CCO2)n[nH]1. The first-order chi connectivity index (χ1) is 12.2. The van der Waals surface area contributed by atoms with Crippen molar-refractivity contribution in [1.82, 2.24) is 30.0 Å². The number of benzene rings is 1. The predicted molar refractivity (Wildman–Crippen MR) is 92.1 cm³/mol. The Morgan fingerprint density at radius 2 is 2.16 bits per heavy atom. The van der Waals surface area contributed by atoms with Crippen molar-refractivity contribution in [3.8, 4) is 0 Å². The molecule has 0 aliphatic carbocycles. The Morgan fingerprint density at radius 1 is 1.28 bits per heavy atom. The quantitative estimate of drug-likeness (QED) is 0.740. The second-order valence-electron chi connectivity index (χ2n) is 6.12. The number of nitrogens with one attached hydrogen (secondary N) is 2. The number of rotatable bonds is 4. The first-order valence-electron chi connectivity index (χ1n) is 8.46. The van der Waals surface area contributed by atoms with Gasteiger partial charge in [0.1, 0.15) is 17.8 Å². The molecule has 1 aromatic carbocycles. The molecule has 3 heterocycles. The highest BCUT2D eigenvalue weighted by Gasteiger charge is 2.25. The molecule has 0 saturated carbocycles. The highest BCUT2D eigenvalue weighted by molar-refractivity contribution is 5.77. The number of fused-ring (bicyclic) bond motifs is 1. The van der Waals surface area contributed by atoms with Crippen LogP contribution in [-0.4, -0.2) is 49.7 Å². The van der Waals surface area contributed by atoms with Gasteiger partial charge in [0.05, 0.1) is 24.1 Å². The van der Waals surface area contributed by atoms with Crippen LogP contribution in [0.25, 0.3) is 10.9 Å². The molecule has 4 rings (SSSR count). The number of aromatic amines is 2. The van der Waals surface area contributed by atoms with Crippen LogP contribution in [0.5, 0.6) is 0 Å². The maximum atomic E-state index is 12.2. The highest BCUT2D eigenvalue weighted by Crippen LogP contribution is 2.20. The molecule has 8 nitrogen and oxygen atoms in total. The molecular formula is C17H20N6O2. The summed E-state index contributed by atoms with van der Waals surface area (Å²) in [6, 6.07) is 7.37. The molecule has 3 aromatic rings. The maximum Gasteiger partial charge on any atom is 0.258 e. The fourth-order valence-corrected chi connectivity index (χ4v) is 3.04. The molecule has 0 spiro atoms. The standard InChI is InChI=1S/C17H20N6O2/c1-2-14-19-16(22-21-14)13-9-23(7-8-25-13)10-15-18-12-6-4-3-5-11(12)17(24)20-15/h3-6,13H,2,7-10H2,1H3,(H,18,20,24)(H,19,21,22)/t13-/m0/s1. The number of morpholine rings is 1. The van der Waals surface area contributed by atoms with Gasteiger partial charge in [0.2, 0.25) is 0 Å². The third-order valence-electron chi connectivity index (χ3n) is 4.36. The van der Waals surface area contributed by atoms with Gasteiger partial charge in [-0.1, -0.05) is 19.1 Å². The molecule has 1 aliphatic heterocycles. The zero-order valence-corrected chi connectivity index (χ0v) is 14.0. The van der Waals surface area contributed by atoms with E-state index < -0.39 is 0 Å². The minimum atomic E-state index is -0.169. The van der Waals surface area contributed by atoms with Gasteiger partial charge in [-0.25, -0.2) is 9.97 Å². The zero-order valence-electron chi connectivity index (χ0n) is 14.0. The number of ether oxygens (including phenoxy) is 1. The number of hydrogen-bond donors (Lipinski definition) is 2. The van der Waals surface area contributed by atoms with Crippen LogP contribution in [-0.2, 0) is 17.7 Å². The molecule has 8 heteroatoms. The first kappa shape index (κ1) is 15.9. The van der Waals surface area contributed by atoms with Crippen molar-refractivity contribution >= 4 is 10.9 Å². The molecule has 1 saturated heterocycles. The van der Waals surface area contributed by atoms with Crippen molar-refractivity contribution < 1.29 is 4.74 Å². The van der Waals surface area contributed by atoms with Gasteiger partial charge in [0.25, 0.3) is 5.56 Å². The van der Waals surface area contributed by atoms with Gasteiger partial charge >= 0.3 is 0 Å². The monoisotopic (exact) mass is 340 g/mol. The third kappa shape index (κ3) is 3.31. The van der Waals surface area contributed by atoms with Gasteiger partial charge < -0.3 is 9.72 Å². The van der Waals surface area contributed by atoms with Crippen molar-refractivity contribution in [3.63, 3.8) is 0 Å². The van der Waals surface area contributed by atoms with E-state index >= 15 is 0 Å². The van der Waals surface area contributed by atoms with Crippen molar-refractivity contribution in [3.05, 3.63) is 52.1 Å². The van der Waals surface area contributed by atoms with E-state index in [1.807, 2.05) is 25.1 Å². The Hall–Kier alpha value is -2.58. The summed E-state index contributed by atoms with van der Waals surface area (Å²) in [5, 5.41) is 7.78. The topological polar surface area (TPSA) is 99.8 Å². The Labute approximate surface area is 144 Å². The molecule has 0 radical (unpaired) electrons. The average Bonchev–Trinajstić information content (AvgIpc) is 3.11. The minimum absolute atomic E-state index is 0.105.